The molecule has 1 aliphatic rings. The quantitative estimate of drug-likeness (QED) is 0.622. The third-order valence-corrected chi connectivity index (χ3v) is 6.56. The van der Waals surface area contributed by atoms with E-state index in [0.29, 0.717) is 5.92 Å². The van der Waals surface area contributed by atoms with E-state index in [1.807, 2.05) is 13.8 Å². The van der Waals surface area contributed by atoms with Crippen LogP contribution in [-0.2, 0) is 11.2 Å². The lowest BCUT2D eigenvalue weighted by atomic mass is 9.88. The van der Waals surface area contributed by atoms with Crippen molar-refractivity contribution in [1.29, 1.82) is 0 Å². The molecule has 0 radical (unpaired) electrons. The highest BCUT2D eigenvalue weighted by Crippen LogP contribution is 2.35. The second-order valence-corrected chi connectivity index (χ2v) is 8.60. The molecule has 4 rings (SSSR count). The molecule has 0 aliphatic carbocycles. The Hall–Kier alpha value is -2.66. The average molecular weight is 406 g/mol. The van der Waals surface area contributed by atoms with Crippen molar-refractivity contribution in [2.75, 3.05) is 13.1 Å². The molecule has 0 bridgehead atoms. The fourth-order valence-electron chi connectivity index (χ4n) is 4.89. The first-order chi connectivity index (χ1) is 14.4. The first kappa shape index (κ1) is 20.6. The number of fused-ring (bicyclic) bond motifs is 1. The van der Waals surface area contributed by atoms with E-state index < -0.39 is 12.0 Å². The number of carboxylic acids is 1. The van der Waals surface area contributed by atoms with Gasteiger partial charge in [0.2, 0.25) is 0 Å². The maximum atomic E-state index is 11.3. The van der Waals surface area contributed by atoms with Crippen molar-refractivity contribution in [3.05, 3.63) is 52.8 Å². The number of hydrogen-bond donors (Lipinski definition) is 2. The van der Waals surface area contributed by atoms with Gasteiger partial charge in [-0.05, 0) is 94.4 Å². The zero-order valence-corrected chi connectivity index (χ0v) is 18.3. The van der Waals surface area contributed by atoms with Crippen molar-refractivity contribution in [1.82, 2.24) is 14.9 Å². The number of H-pyrrole nitrogens is 1. The Balaban J connectivity index is 1.64. The van der Waals surface area contributed by atoms with Gasteiger partial charge in [-0.2, -0.15) is 0 Å². The fraction of sp³-hybridized carbons (Fsp3) is 0.440. The molecule has 1 unspecified atom stereocenters. The molecule has 1 fully saturated rings. The van der Waals surface area contributed by atoms with Crippen LogP contribution in [0.2, 0.25) is 0 Å². The number of aromatic amines is 1. The molecular formula is C25H31N3O2. The first-order valence-corrected chi connectivity index (χ1v) is 10.9. The molecule has 3 aromatic rings. The lowest BCUT2D eigenvalue weighted by molar-refractivity contribution is -0.143. The van der Waals surface area contributed by atoms with Crippen LogP contribution < -0.4 is 0 Å². The number of carbonyl (C=O) groups is 1. The Kier molecular flexibility index (Phi) is 5.65. The van der Waals surface area contributed by atoms with Crippen molar-refractivity contribution >= 4 is 16.9 Å². The van der Waals surface area contributed by atoms with Crippen LogP contribution in [0.1, 0.15) is 55.1 Å². The molecule has 0 saturated carbocycles. The van der Waals surface area contributed by atoms with E-state index >= 15 is 0 Å². The van der Waals surface area contributed by atoms with Crippen molar-refractivity contribution < 1.29 is 9.90 Å². The number of carboxylic acid groups (broad SMARTS) is 1. The maximum Gasteiger partial charge on any atom is 0.320 e. The number of piperidine rings is 1. The molecule has 5 nitrogen and oxygen atoms in total. The number of benzene rings is 1. The minimum absolute atomic E-state index is 0.403. The molecule has 30 heavy (non-hydrogen) atoms. The lowest BCUT2D eigenvalue weighted by Gasteiger charge is -2.34. The topological polar surface area (TPSA) is 69.2 Å². The summed E-state index contributed by atoms with van der Waals surface area (Å²) < 4.78 is 0. The zero-order valence-electron chi connectivity index (χ0n) is 18.3. The summed E-state index contributed by atoms with van der Waals surface area (Å²) in [4.78, 5) is 21.5. The van der Waals surface area contributed by atoms with E-state index in [2.05, 4.69) is 52.1 Å². The maximum absolute atomic E-state index is 11.3. The van der Waals surface area contributed by atoms with Crippen LogP contribution in [0.25, 0.3) is 22.2 Å². The number of likely N-dealkylation sites (tertiary alicyclic amines) is 1. The molecule has 1 atom stereocenters. The third kappa shape index (κ3) is 3.86. The number of hydrogen-bond acceptors (Lipinski definition) is 3. The molecule has 0 amide bonds. The van der Waals surface area contributed by atoms with Crippen molar-refractivity contribution in [3.8, 4) is 11.3 Å². The Morgan fingerprint density at radius 2 is 1.87 bits per heavy atom. The van der Waals surface area contributed by atoms with E-state index in [0.717, 1.165) is 43.7 Å². The molecule has 5 heteroatoms. The van der Waals surface area contributed by atoms with Crippen LogP contribution >= 0.6 is 0 Å². The molecule has 2 aromatic heterocycles. The van der Waals surface area contributed by atoms with Crippen LogP contribution in [0, 0.1) is 13.8 Å². The van der Waals surface area contributed by atoms with Gasteiger partial charge in [0.05, 0.1) is 0 Å². The van der Waals surface area contributed by atoms with Gasteiger partial charge in [-0.1, -0.05) is 13.0 Å². The lowest BCUT2D eigenvalue weighted by Crippen LogP contribution is -2.43. The van der Waals surface area contributed by atoms with Crippen molar-refractivity contribution in [2.24, 2.45) is 0 Å². The number of nitrogens with zero attached hydrogens (tertiary/aromatic N) is 2. The van der Waals surface area contributed by atoms with E-state index in [-0.39, 0.29) is 0 Å². The highest BCUT2D eigenvalue weighted by Gasteiger charge is 2.27. The highest BCUT2D eigenvalue weighted by atomic mass is 16.4. The third-order valence-electron chi connectivity index (χ3n) is 6.56. The molecular weight excluding hydrogens is 374 g/mol. The number of aryl methyl sites for hydroxylation is 3. The minimum atomic E-state index is -0.733. The van der Waals surface area contributed by atoms with Crippen LogP contribution in [0.3, 0.4) is 0 Å². The second-order valence-electron chi connectivity index (χ2n) is 8.60. The summed E-state index contributed by atoms with van der Waals surface area (Å²) in [7, 11) is 0. The molecule has 1 aliphatic heterocycles. The summed E-state index contributed by atoms with van der Waals surface area (Å²) in [6, 6.07) is 10.7. The summed E-state index contributed by atoms with van der Waals surface area (Å²) in [5.41, 5.74) is 8.37. The van der Waals surface area contributed by atoms with Gasteiger partial charge in [-0.3, -0.25) is 14.7 Å². The molecule has 1 saturated heterocycles. The van der Waals surface area contributed by atoms with E-state index in [1.54, 1.807) is 6.92 Å². The van der Waals surface area contributed by atoms with Gasteiger partial charge in [0, 0.05) is 33.5 Å². The number of nitrogens with one attached hydrogen (secondary N) is 1. The van der Waals surface area contributed by atoms with Crippen molar-refractivity contribution in [3.63, 3.8) is 0 Å². The summed E-state index contributed by atoms with van der Waals surface area (Å²) in [6.45, 7) is 9.76. The zero-order chi connectivity index (χ0) is 21.4. The first-order valence-electron chi connectivity index (χ1n) is 10.9. The monoisotopic (exact) mass is 405 g/mol. The van der Waals surface area contributed by atoms with Gasteiger partial charge in [-0.25, -0.2) is 0 Å². The largest absolute Gasteiger partial charge is 0.480 e. The number of aromatic nitrogens is 2. The van der Waals surface area contributed by atoms with Crippen LogP contribution in [-0.4, -0.2) is 45.1 Å². The molecule has 3 heterocycles. The van der Waals surface area contributed by atoms with Gasteiger partial charge >= 0.3 is 5.97 Å². The predicted octanol–water partition coefficient (Wildman–Crippen LogP) is 5.06. The van der Waals surface area contributed by atoms with Gasteiger partial charge < -0.3 is 10.1 Å². The Morgan fingerprint density at radius 1 is 1.20 bits per heavy atom. The van der Waals surface area contributed by atoms with E-state index in [4.69, 9.17) is 0 Å². The highest BCUT2D eigenvalue weighted by molar-refractivity contribution is 5.91. The Bertz CT molecular complexity index is 1060. The number of aliphatic carboxylic acids is 1. The number of pyridine rings is 1. The van der Waals surface area contributed by atoms with Gasteiger partial charge in [0.25, 0.3) is 0 Å². The van der Waals surface area contributed by atoms with Gasteiger partial charge in [0.15, 0.2) is 0 Å². The molecule has 0 spiro atoms. The molecule has 2 N–H and O–H groups in total. The van der Waals surface area contributed by atoms with E-state index in [9.17, 15) is 9.90 Å². The summed E-state index contributed by atoms with van der Waals surface area (Å²) in [6.07, 6.45) is 2.98. The smallest absolute Gasteiger partial charge is 0.320 e. The SMILES string of the molecule is CCc1c(-c2cc(C)nc(C)c2)[nH]c2ccc(C3CCN(C(C)C(=O)O)CC3)cc12. The Labute approximate surface area is 178 Å². The van der Waals surface area contributed by atoms with Gasteiger partial charge in [0.1, 0.15) is 6.04 Å². The average Bonchev–Trinajstić information content (AvgIpc) is 3.10. The number of rotatable bonds is 5. The van der Waals surface area contributed by atoms with Gasteiger partial charge in [-0.15, -0.1) is 0 Å². The van der Waals surface area contributed by atoms with Crippen LogP contribution in [0.15, 0.2) is 30.3 Å². The van der Waals surface area contributed by atoms with E-state index in [1.165, 1.54) is 33.3 Å². The standard InChI is InChI=1S/C25H31N3O2/c1-5-21-22-14-19(18-8-10-28(11-9-18)17(4)25(29)30)6-7-23(22)27-24(21)20-12-15(2)26-16(3)13-20/h6-7,12-14,17-18,27H,5,8-11H2,1-4H3,(H,29,30). The predicted molar refractivity (Wildman–Crippen MR) is 121 cm³/mol. The van der Waals surface area contributed by atoms with Crippen LogP contribution in [0.4, 0.5) is 0 Å². The normalized spacial score (nSPS) is 16.8. The summed E-state index contributed by atoms with van der Waals surface area (Å²) in [5.74, 6) is -0.246. The molecule has 158 valence electrons. The van der Waals surface area contributed by atoms with Crippen molar-refractivity contribution in [2.45, 2.75) is 58.9 Å². The summed E-state index contributed by atoms with van der Waals surface area (Å²) >= 11 is 0. The Morgan fingerprint density at radius 3 is 2.47 bits per heavy atom. The minimum Gasteiger partial charge on any atom is -0.480 e. The fourth-order valence-corrected chi connectivity index (χ4v) is 4.89. The molecule has 1 aromatic carbocycles. The summed E-state index contributed by atoms with van der Waals surface area (Å²) in [5, 5.41) is 10.6. The van der Waals surface area contributed by atoms with Crippen LogP contribution in [0.5, 0.6) is 0 Å². The second kappa shape index (κ2) is 8.23.